The molecule has 1 saturated heterocycles. The van der Waals surface area contributed by atoms with Gasteiger partial charge in [0, 0.05) is 24.3 Å². The second-order valence-electron chi connectivity index (χ2n) is 5.85. The minimum atomic E-state index is 0.0829. The molecule has 0 radical (unpaired) electrons. The number of carbonyl (C=O) groups is 1. The van der Waals surface area contributed by atoms with Gasteiger partial charge < -0.3 is 15.4 Å². The number of likely N-dealkylation sites (tertiary alicyclic amines) is 1. The number of carbonyl (C=O) groups excluding carboxylic acids is 1. The Labute approximate surface area is 119 Å². The Balaban J connectivity index is 1.82. The molecule has 2 atom stereocenters. The summed E-state index contributed by atoms with van der Waals surface area (Å²) in [6, 6.07) is 5.74. The van der Waals surface area contributed by atoms with E-state index in [0.29, 0.717) is 29.0 Å². The highest BCUT2D eigenvalue weighted by atomic mass is 16.5. The zero-order valence-electron chi connectivity index (χ0n) is 12.0. The average molecular weight is 274 g/mol. The number of fused-ring (bicyclic) bond motifs is 1. The monoisotopic (exact) mass is 274 g/mol. The second kappa shape index (κ2) is 5.35. The van der Waals surface area contributed by atoms with E-state index in [2.05, 4.69) is 0 Å². The van der Waals surface area contributed by atoms with Gasteiger partial charge >= 0.3 is 0 Å². The normalized spacial score (nSPS) is 25.4. The summed E-state index contributed by atoms with van der Waals surface area (Å²) < 4.78 is 5.14. The van der Waals surface area contributed by atoms with Gasteiger partial charge in [0.05, 0.1) is 12.7 Å². The standard InChI is InChI=1S/C16H22N2O2/c1-20-12-6-7-13(14(17)10-12)16(19)18-9-8-11-4-2-3-5-15(11)18/h6-7,10-11,15H,2-5,8-9,17H2,1H3. The van der Waals surface area contributed by atoms with Gasteiger partial charge in [-0.25, -0.2) is 0 Å². The minimum Gasteiger partial charge on any atom is -0.497 e. The highest BCUT2D eigenvalue weighted by Gasteiger charge is 2.38. The zero-order valence-corrected chi connectivity index (χ0v) is 12.0. The van der Waals surface area contributed by atoms with Crippen LogP contribution in [0.1, 0.15) is 42.5 Å². The van der Waals surface area contributed by atoms with Gasteiger partial charge in [0.25, 0.3) is 5.91 Å². The highest BCUT2D eigenvalue weighted by molar-refractivity contribution is 5.99. The number of hydrogen-bond donors (Lipinski definition) is 1. The van der Waals surface area contributed by atoms with Gasteiger partial charge in [0.1, 0.15) is 5.75 Å². The Morgan fingerprint density at radius 3 is 2.85 bits per heavy atom. The third kappa shape index (κ3) is 2.23. The van der Waals surface area contributed by atoms with Crippen molar-refractivity contribution in [3.63, 3.8) is 0 Å². The van der Waals surface area contributed by atoms with E-state index in [4.69, 9.17) is 10.5 Å². The molecule has 0 spiro atoms. The summed E-state index contributed by atoms with van der Waals surface area (Å²) in [6.07, 6.45) is 6.11. The topological polar surface area (TPSA) is 55.6 Å². The quantitative estimate of drug-likeness (QED) is 0.844. The predicted octanol–water partition coefficient (Wildman–Crippen LogP) is 2.68. The number of methoxy groups -OCH3 is 1. The fourth-order valence-corrected chi connectivity index (χ4v) is 3.68. The summed E-state index contributed by atoms with van der Waals surface area (Å²) in [5, 5.41) is 0. The lowest BCUT2D eigenvalue weighted by Crippen LogP contribution is -2.39. The Morgan fingerprint density at radius 2 is 2.10 bits per heavy atom. The number of ether oxygens (including phenoxy) is 1. The molecule has 2 N–H and O–H groups in total. The van der Waals surface area contributed by atoms with Gasteiger partial charge in [-0.15, -0.1) is 0 Å². The van der Waals surface area contributed by atoms with Crippen molar-refractivity contribution in [2.75, 3.05) is 19.4 Å². The summed E-state index contributed by atoms with van der Waals surface area (Å²) in [4.78, 5) is 14.8. The van der Waals surface area contributed by atoms with Crippen LogP contribution in [0, 0.1) is 5.92 Å². The number of nitrogens with two attached hydrogens (primary N) is 1. The van der Waals surface area contributed by atoms with Crippen molar-refractivity contribution in [2.45, 2.75) is 38.1 Å². The molecule has 2 fully saturated rings. The van der Waals surface area contributed by atoms with Crippen molar-refractivity contribution in [1.82, 2.24) is 4.90 Å². The first-order chi connectivity index (χ1) is 9.70. The molecule has 1 aromatic carbocycles. The molecule has 2 unspecified atom stereocenters. The fraction of sp³-hybridized carbons (Fsp3) is 0.562. The van der Waals surface area contributed by atoms with Gasteiger partial charge in [0.2, 0.25) is 0 Å². The van der Waals surface area contributed by atoms with Crippen LogP contribution in [0.3, 0.4) is 0 Å². The molecule has 1 saturated carbocycles. The van der Waals surface area contributed by atoms with Crippen molar-refractivity contribution >= 4 is 11.6 Å². The predicted molar refractivity (Wildman–Crippen MR) is 78.8 cm³/mol. The van der Waals surface area contributed by atoms with Crippen LogP contribution in [0.25, 0.3) is 0 Å². The van der Waals surface area contributed by atoms with Crippen LogP contribution in [0.15, 0.2) is 18.2 Å². The summed E-state index contributed by atoms with van der Waals surface area (Å²) in [6.45, 7) is 0.875. The third-order valence-corrected chi connectivity index (χ3v) is 4.76. The van der Waals surface area contributed by atoms with Crippen LogP contribution in [0.5, 0.6) is 5.75 Å². The van der Waals surface area contributed by atoms with E-state index in [1.165, 1.54) is 19.3 Å². The molecule has 3 rings (SSSR count). The summed E-state index contributed by atoms with van der Waals surface area (Å²) in [5.74, 6) is 1.47. The van der Waals surface area contributed by atoms with Crippen molar-refractivity contribution in [3.05, 3.63) is 23.8 Å². The molecule has 4 heteroatoms. The van der Waals surface area contributed by atoms with Crippen LogP contribution in [-0.2, 0) is 0 Å². The summed E-state index contributed by atoms with van der Waals surface area (Å²) in [5.41, 5.74) is 7.12. The van der Waals surface area contributed by atoms with Gasteiger partial charge in [-0.1, -0.05) is 12.8 Å². The number of nitrogen functional groups attached to an aromatic ring is 1. The maximum absolute atomic E-state index is 12.7. The van der Waals surface area contributed by atoms with E-state index in [-0.39, 0.29) is 5.91 Å². The number of anilines is 1. The lowest BCUT2D eigenvalue weighted by Gasteiger charge is -2.32. The summed E-state index contributed by atoms with van der Waals surface area (Å²) >= 11 is 0. The van der Waals surface area contributed by atoms with Crippen LogP contribution in [0.2, 0.25) is 0 Å². The molecule has 0 bridgehead atoms. The number of nitrogens with zero attached hydrogens (tertiary/aromatic N) is 1. The van der Waals surface area contributed by atoms with Crippen LogP contribution < -0.4 is 10.5 Å². The largest absolute Gasteiger partial charge is 0.497 e. The lowest BCUT2D eigenvalue weighted by molar-refractivity contribution is 0.0691. The van der Waals surface area contributed by atoms with Crippen molar-refractivity contribution in [2.24, 2.45) is 5.92 Å². The first-order valence-corrected chi connectivity index (χ1v) is 7.45. The molecule has 20 heavy (non-hydrogen) atoms. The van der Waals surface area contributed by atoms with Crippen LogP contribution >= 0.6 is 0 Å². The maximum atomic E-state index is 12.7. The number of rotatable bonds is 2. The van der Waals surface area contributed by atoms with E-state index in [1.807, 2.05) is 4.90 Å². The molecule has 108 valence electrons. The molecule has 1 amide bonds. The molecule has 1 aliphatic heterocycles. The van der Waals surface area contributed by atoms with Crippen molar-refractivity contribution < 1.29 is 9.53 Å². The number of amides is 1. The highest BCUT2D eigenvalue weighted by Crippen LogP contribution is 2.37. The molecule has 1 aliphatic carbocycles. The summed E-state index contributed by atoms with van der Waals surface area (Å²) in [7, 11) is 1.60. The maximum Gasteiger partial charge on any atom is 0.256 e. The molecular weight excluding hydrogens is 252 g/mol. The molecule has 0 aromatic heterocycles. The Bertz CT molecular complexity index is 515. The second-order valence-corrected chi connectivity index (χ2v) is 5.85. The van der Waals surface area contributed by atoms with Gasteiger partial charge in [0.15, 0.2) is 0 Å². The molecule has 1 heterocycles. The van der Waals surface area contributed by atoms with E-state index in [1.54, 1.807) is 25.3 Å². The Kier molecular flexibility index (Phi) is 3.55. The fourth-order valence-electron chi connectivity index (χ4n) is 3.68. The number of hydrogen-bond acceptors (Lipinski definition) is 3. The van der Waals surface area contributed by atoms with Crippen LogP contribution in [-0.4, -0.2) is 30.5 Å². The Morgan fingerprint density at radius 1 is 1.30 bits per heavy atom. The van der Waals surface area contributed by atoms with E-state index >= 15 is 0 Å². The first kappa shape index (κ1) is 13.3. The SMILES string of the molecule is COc1ccc(C(=O)N2CCC3CCCCC32)c(N)c1. The van der Waals surface area contributed by atoms with Crippen molar-refractivity contribution in [1.29, 1.82) is 0 Å². The molecule has 2 aliphatic rings. The van der Waals surface area contributed by atoms with Crippen LogP contribution in [0.4, 0.5) is 5.69 Å². The van der Waals surface area contributed by atoms with E-state index in [9.17, 15) is 4.79 Å². The smallest absolute Gasteiger partial charge is 0.256 e. The molecular formula is C16H22N2O2. The first-order valence-electron chi connectivity index (χ1n) is 7.45. The van der Waals surface area contributed by atoms with Gasteiger partial charge in [-0.3, -0.25) is 4.79 Å². The molecule has 1 aromatic rings. The third-order valence-electron chi connectivity index (χ3n) is 4.76. The minimum absolute atomic E-state index is 0.0829. The average Bonchev–Trinajstić information content (AvgIpc) is 2.90. The zero-order chi connectivity index (χ0) is 14.1. The Hall–Kier alpha value is -1.71. The number of benzene rings is 1. The van der Waals surface area contributed by atoms with Crippen molar-refractivity contribution in [3.8, 4) is 5.75 Å². The van der Waals surface area contributed by atoms with Gasteiger partial charge in [-0.05, 0) is 37.3 Å². The van der Waals surface area contributed by atoms with E-state index < -0.39 is 0 Å². The lowest BCUT2D eigenvalue weighted by atomic mass is 9.85. The molecule has 4 nitrogen and oxygen atoms in total. The van der Waals surface area contributed by atoms with E-state index in [0.717, 1.165) is 19.4 Å². The van der Waals surface area contributed by atoms with Gasteiger partial charge in [-0.2, -0.15) is 0 Å².